The van der Waals surface area contributed by atoms with Crippen molar-refractivity contribution >= 4 is 0 Å². The fourth-order valence-electron chi connectivity index (χ4n) is 1.16. The van der Waals surface area contributed by atoms with E-state index in [-0.39, 0.29) is 0 Å². The molecule has 1 aromatic rings. The Morgan fingerprint density at radius 3 is 3.00 bits per heavy atom. The average Bonchev–Trinajstić information content (AvgIpc) is 2.05. The Bertz CT molecular complexity index is 250. The van der Waals surface area contributed by atoms with E-state index in [4.69, 9.17) is 5.73 Å². The third-order valence-corrected chi connectivity index (χ3v) is 1.85. The number of pyridine rings is 1. The van der Waals surface area contributed by atoms with E-state index >= 15 is 0 Å². The molecule has 0 aromatic carbocycles. The maximum atomic E-state index is 9.58. The van der Waals surface area contributed by atoms with Crippen molar-refractivity contribution in [3.05, 3.63) is 29.6 Å². The van der Waals surface area contributed by atoms with Crippen LogP contribution in [0.25, 0.3) is 0 Å². The van der Waals surface area contributed by atoms with Crippen molar-refractivity contribution in [1.82, 2.24) is 4.98 Å². The van der Waals surface area contributed by atoms with Gasteiger partial charge in [-0.25, -0.2) is 0 Å². The number of rotatable bonds is 3. The van der Waals surface area contributed by atoms with Crippen LogP contribution in [-0.4, -0.2) is 16.6 Å². The first-order valence-corrected chi connectivity index (χ1v) is 4.05. The number of aromatic nitrogens is 1. The molecule has 0 saturated heterocycles. The molecule has 66 valence electrons. The Balaban J connectivity index is 2.79. The zero-order valence-electron chi connectivity index (χ0n) is 7.20. The normalized spacial score (nSPS) is 12.9. The van der Waals surface area contributed by atoms with Gasteiger partial charge in [-0.2, -0.15) is 0 Å². The smallest absolute Gasteiger partial charge is 0.0819 e. The molecule has 0 bridgehead atoms. The molecule has 0 aliphatic heterocycles. The van der Waals surface area contributed by atoms with Gasteiger partial charge >= 0.3 is 0 Å². The summed E-state index contributed by atoms with van der Waals surface area (Å²) in [6.07, 6.45) is 1.84. The van der Waals surface area contributed by atoms with Crippen LogP contribution in [0.4, 0.5) is 0 Å². The van der Waals surface area contributed by atoms with Crippen molar-refractivity contribution in [2.24, 2.45) is 5.73 Å². The zero-order valence-corrected chi connectivity index (χ0v) is 7.20. The van der Waals surface area contributed by atoms with Gasteiger partial charge in [0.05, 0.1) is 6.10 Å². The molecule has 1 rings (SSSR count). The number of aryl methyl sites for hydroxylation is 1. The number of aliphatic hydroxyl groups excluding tert-OH is 1. The van der Waals surface area contributed by atoms with Gasteiger partial charge in [0.25, 0.3) is 0 Å². The summed E-state index contributed by atoms with van der Waals surface area (Å²) in [7, 11) is 0. The van der Waals surface area contributed by atoms with Crippen molar-refractivity contribution < 1.29 is 5.11 Å². The van der Waals surface area contributed by atoms with Crippen molar-refractivity contribution in [3.63, 3.8) is 0 Å². The van der Waals surface area contributed by atoms with Crippen LogP contribution in [0, 0.1) is 6.92 Å². The van der Waals surface area contributed by atoms with Crippen molar-refractivity contribution in [2.75, 3.05) is 6.54 Å². The lowest BCUT2D eigenvalue weighted by Crippen LogP contribution is -2.08. The van der Waals surface area contributed by atoms with Crippen LogP contribution in [0.1, 0.15) is 23.8 Å². The van der Waals surface area contributed by atoms with Gasteiger partial charge in [-0.3, -0.25) is 4.98 Å². The minimum atomic E-state index is -0.469. The molecule has 0 radical (unpaired) electrons. The summed E-state index contributed by atoms with van der Waals surface area (Å²) in [4.78, 5) is 4.08. The molecule has 3 heteroatoms. The first-order chi connectivity index (χ1) is 5.75. The number of nitrogens with zero attached hydrogens (tertiary/aromatic N) is 1. The summed E-state index contributed by atoms with van der Waals surface area (Å²) in [5.74, 6) is 0. The Morgan fingerprint density at radius 1 is 1.67 bits per heavy atom. The van der Waals surface area contributed by atoms with E-state index in [0.717, 1.165) is 11.3 Å². The monoisotopic (exact) mass is 166 g/mol. The molecular weight excluding hydrogens is 152 g/mol. The predicted octanol–water partition coefficient (Wildman–Crippen LogP) is 0.772. The lowest BCUT2D eigenvalue weighted by atomic mass is 10.1. The molecule has 0 spiro atoms. The average molecular weight is 166 g/mol. The molecule has 12 heavy (non-hydrogen) atoms. The van der Waals surface area contributed by atoms with E-state index in [1.165, 1.54) is 0 Å². The quantitative estimate of drug-likeness (QED) is 0.697. The number of nitrogens with two attached hydrogens (primary N) is 1. The topological polar surface area (TPSA) is 59.1 Å². The van der Waals surface area contributed by atoms with Gasteiger partial charge < -0.3 is 10.8 Å². The summed E-state index contributed by atoms with van der Waals surface area (Å²) in [5.41, 5.74) is 7.09. The van der Waals surface area contributed by atoms with Gasteiger partial charge in [0.15, 0.2) is 0 Å². The maximum Gasteiger partial charge on any atom is 0.0819 e. The van der Waals surface area contributed by atoms with Crippen molar-refractivity contribution in [2.45, 2.75) is 19.4 Å². The predicted molar refractivity (Wildman–Crippen MR) is 47.6 cm³/mol. The summed E-state index contributed by atoms with van der Waals surface area (Å²) in [6.45, 7) is 2.38. The van der Waals surface area contributed by atoms with Crippen LogP contribution in [0.2, 0.25) is 0 Å². The fourth-order valence-corrected chi connectivity index (χ4v) is 1.16. The highest BCUT2D eigenvalue weighted by Crippen LogP contribution is 2.17. The van der Waals surface area contributed by atoms with Gasteiger partial charge in [0.1, 0.15) is 0 Å². The molecule has 0 amide bonds. The molecule has 1 heterocycles. The maximum absolute atomic E-state index is 9.58. The number of aliphatic hydroxyl groups is 1. The SMILES string of the molecule is Cc1ncccc1[C@H](O)CCN. The lowest BCUT2D eigenvalue weighted by molar-refractivity contribution is 0.169. The highest BCUT2D eigenvalue weighted by molar-refractivity contribution is 5.20. The largest absolute Gasteiger partial charge is 0.388 e. The Hall–Kier alpha value is -0.930. The van der Waals surface area contributed by atoms with Gasteiger partial charge in [0, 0.05) is 17.5 Å². The van der Waals surface area contributed by atoms with Crippen molar-refractivity contribution in [3.8, 4) is 0 Å². The molecule has 0 fully saturated rings. The van der Waals surface area contributed by atoms with E-state index in [1.807, 2.05) is 19.1 Å². The molecule has 0 aliphatic carbocycles. The third kappa shape index (κ3) is 2.03. The van der Waals surface area contributed by atoms with Crippen LogP contribution < -0.4 is 5.73 Å². The lowest BCUT2D eigenvalue weighted by Gasteiger charge is -2.10. The summed E-state index contributed by atoms with van der Waals surface area (Å²) < 4.78 is 0. The minimum absolute atomic E-state index is 0.469. The van der Waals surface area contributed by atoms with Gasteiger partial charge in [-0.1, -0.05) is 6.07 Å². The molecule has 1 aromatic heterocycles. The third-order valence-electron chi connectivity index (χ3n) is 1.85. The highest BCUT2D eigenvalue weighted by Gasteiger charge is 2.08. The molecule has 0 aliphatic rings. The van der Waals surface area contributed by atoms with Gasteiger partial charge in [0.2, 0.25) is 0 Å². The van der Waals surface area contributed by atoms with Crippen LogP contribution in [0.3, 0.4) is 0 Å². The van der Waals surface area contributed by atoms with Gasteiger partial charge in [-0.15, -0.1) is 0 Å². The van der Waals surface area contributed by atoms with Crippen LogP contribution in [-0.2, 0) is 0 Å². The Labute approximate surface area is 72.2 Å². The van der Waals surface area contributed by atoms with Gasteiger partial charge in [-0.05, 0) is 26.0 Å². The summed E-state index contributed by atoms with van der Waals surface area (Å²) >= 11 is 0. The Morgan fingerprint density at radius 2 is 2.42 bits per heavy atom. The summed E-state index contributed by atoms with van der Waals surface area (Å²) in [5, 5.41) is 9.58. The summed E-state index contributed by atoms with van der Waals surface area (Å²) in [6, 6.07) is 3.70. The van der Waals surface area contributed by atoms with E-state index in [1.54, 1.807) is 6.20 Å². The standard InChI is InChI=1S/C9H14N2O/c1-7-8(3-2-6-11-7)9(12)4-5-10/h2-3,6,9,12H,4-5,10H2,1H3/t9-/m1/s1. The van der Waals surface area contributed by atoms with Crippen LogP contribution in [0.5, 0.6) is 0 Å². The van der Waals surface area contributed by atoms with Crippen molar-refractivity contribution in [1.29, 1.82) is 0 Å². The van der Waals surface area contributed by atoms with E-state index in [0.29, 0.717) is 13.0 Å². The van der Waals surface area contributed by atoms with E-state index in [9.17, 15) is 5.11 Å². The fraction of sp³-hybridized carbons (Fsp3) is 0.444. The number of hydrogen-bond acceptors (Lipinski definition) is 3. The minimum Gasteiger partial charge on any atom is -0.388 e. The molecule has 0 unspecified atom stereocenters. The second-order valence-corrected chi connectivity index (χ2v) is 2.77. The first kappa shape index (κ1) is 9.16. The second kappa shape index (κ2) is 4.18. The zero-order chi connectivity index (χ0) is 8.97. The second-order valence-electron chi connectivity index (χ2n) is 2.77. The molecule has 0 saturated carbocycles. The molecule has 3 nitrogen and oxygen atoms in total. The molecular formula is C9H14N2O. The van der Waals surface area contributed by atoms with Crippen LogP contribution >= 0.6 is 0 Å². The van der Waals surface area contributed by atoms with Crippen LogP contribution in [0.15, 0.2) is 18.3 Å². The van der Waals surface area contributed by atoms with E-state index in [2.05, 4.69) is 4.98 Å². The molecule has 1 atom stereocenters. The first-order valence-electron chi connectivity index (χ1n) is 4.05. The number of hydrogen-bond donors (Lipinski definition) is 2. The van der Waals surface area contributed by atoms with E-state index < -0.39 is 6.10 Å². The Kier molecular flexibility index (Phi) is 3.19. The highest BCUT2D eigenvalue weighted by atomic mass is 16.3. The molecule has 3 N–H and O–H groups in total.